The van der Waals surface area contributed by atoms with Gasteiger partial charge in [-0.15, -0.1) is 0 Å². The Balaban J connectivity index is 2.58. The molecule has 1 aromatic carbocycles. The molecule has 1 saturated heterocycles. The number of nitrogens with zero attached hydrogens (tertiary/aromatic N) is 1. The molecule has 1 heterocycles. The first-order valence-electron chi connectivity index (χ1n) is 7.83. The molecule has 142 valence electrons. The number of allylic oxidation sites excluding steroid dienone is 1. The lowest BCUT2D eigenvalue weighted by molar-refractivity contribution is -0.146. The molecule has 7 nitrogen and oxygen atoms in total. The van der Waals surface area contributed by atoms with Gasteiger partial charge in [-0.1, -0.05) is 17.7 Å². The first-order chi connectivity index (χ1) is 12.1. The van der Waals surface area contributed by atoms with Gasteiger partial charge in [-0.25, -0.2) is 8.42 Å². The Kier molecular flexibility index (Phi) is 6.46. The zero-order valence-corrected chi connectivity index (χ0v) is 17.6. The summed E-state index contributed by atoms with van der Waals surface area (Å²) in [5.74, 6) is -2.63. The van der Waals surface area contributed by atoms with E-state index in [2.05, 4.69) is 0 Å². The largest absolute Gasteiger partial charge is 0.481 e. The minimum atomic E-state index is -3.99. The van der Waals surface area contributed by atoms with E-state index < -0.39 is 33.9 Å². The molecule has 2 atom stereocenters. The van der Waals surface area contributed by atoms with Gasteiger partial charge >= 0.3 is 11.9 Å². The summed E-state index contributed by atoms with van der Waals surface area (Å²) in [5, 5.41) is 9.24. The minimum Gasteiger partial charge on any atom is -0.481 e. The van der Waals surface area contributed by atoms with E-state index in [-0.39, 0.29) is 17.9 Å². The number of ether oxygens (including phenoxy) is 1. The number of carbonyl (C=O) groups is 2. The van der Waals surface area contributed by atoms with Crippen molar-refractivity contribution in [2.75, 3.05) is 13.7 Å². The van der Waals surface area contributed by atoms with E-state index >= 15 is 0 Å². The molecule has 9 heteroatoms. The second-order valence-electron chi connectivity index (χ2n) is 6.09. The fourth-order valence-corrected chi connectivity index (χ4v) is 5.21. The van der Waals surface area contributed by atoms with E-state index in [9.17, 15) is 23.1 Å². The molecule has 26 heavy (non-hydrogen) atoms. The second-order valence-corrected chi connectivity index (χ2v) is 9.60. The van der Waals surface area contributed by atoms with Gasteiger partial charge in [0.25, 0.3) is 0 Å². The van der Waals surface area contributed by atoms with E-state index in [0.29, 0.717) is 5.57 Å². The Bertz CT molecular complexity index is 843. The van der Waals surface area contributed by atoms with Crippen LogP contribution >= 0.6 is 22.6 Å². The van der Waals surface area contributed by atoms with E-state index in [0.717, 1.165) is 20.6 Å². The highest BCUT2D eigenvalue weighted by molar-refractivity contribution is 14.1. The molecule has 1 aromatic rings. The summed E-state index contributed by atoms with van der Waals surface area (Å²) in [7, 11) is -2.83. The van der Waals surface area contributed by atoms with Crippen molar-refractivity contribution in [2.24, 2.45) is 5.92 Å². The fourth-order valence-electron chi connectivity index (χ4n) is 3.04. The van der Waals surface area contributed by atoms with Crippen molar-refractivity contribution in [1.29, 1.82) is 0 Å². The van der Waals surface area contributed by atoms with Crippen LogP contribution in [0.15, 0.2) is 38.3 Å². The van der Waals surface area contributed by atoms with Crippen molar-refractivity contribution in [3.05, 3.63) is 39.0 Å². The molecular weight excluding hydrogens is 473 g/mol. The Morgan fingerprint density at radius 1 is 1.31 bits per heavy atom. The minimum absolute atomic E-state index is 0.0390. The maximum Gasteiger partial charge on any atom is 0.324 e. The molecule has 1 aliphatic rings. The quantitative estimate of drug-likeness (QED) is 0.500. The van der Waals surface area contributed by atoms with Gasteiger partial charge in [0.2, 0.25) is 10.0 Å². The third-order valence-corrected chi connectivity index (χ3v) is 6.91. The molecule has 0 saturated carbocycles. The average Bonchev–Trinajstić information content (AvgIpc) is 2.94. The van der Waals surface area contributed by atoms with Crippen LogP contribution in [0.5, 0.6) is 0 Å². The van der Waals surface area contributed by atoms with Crippen molar-refractivity contribution < 1.29 is 27.9 Å². The molecular formula is C17H20INO6S. The summed E-state index contributed by atoms with van der Waals surface area (Å²) in [6.07, 6.45) is -0.352. The van der Waals surface area contributed by atoms with Gasteiger partial charge in [0.15, 0.2) is 0 Å². The highest BCUT2D eigenvalue weighted by Crippen LogP contribution is 2.39. The maximum atomic E-state index is 13.1. The Morgan fingerprint density at radius 2 is 1.88 bits per heavy atom. The molecule has 0 spiro atoms. The zero-order valence-electron chi connectivity index (χ0n) is 14.6. The van der Waals surface area contributed by atoms with Crippen LogP contribution in [-0.2, 0) is 24.3 Å². The SMILES string of the molecule is COC(=O)[C@@H]1[C@@H](CC(=O)O)/C(=C(/C)I)CN1S(=O)(=O)c1ccc(C)cc1. The standard InChI is InChI=1S/C17H20INO6S/c1-10-4-6-12(7-5-10)26(23,24)19-9-14(11(2)18)13(8-15(20)21)16(19)17(22)25-3/h4-7,13,16H,8-9H2,1-3H3,(H,20,21)/b14-11-/t13-,16-/m0/s1. The van der Waals surface area contributed by atoms with Crippen molar-refractivity contribution in [3.63, 3.8) is 0 Å². The number of esters is 1. The van der Waals surface area contributed by atoms with Crippen molar-refractivity contribution in [2.45, 2.75) is 31.2 Å². The number of benzene rings is 1. The number of hydrogen-bond acceptors (Lipinski definition) is 5. The molecule has 0 bridgehead atoms. The zero-order chi connectivity index (χ0) is 19.6. The Labute approximate surface area is 166 Å². The van der Waals surface area contributed by atoms with Gasteiger partial charge in [-0.05, 0) is 57.7 Å². The van der Waals surface area contributed by atoms with Crippen molar-refractivity contribution >= 4 is 44.6 Å². The number of halogens is 1. The molecule has 2 rings (SSSR count). The molecule has 0 unspecified atom stereocenters. The van der Waals surface area contributed by atoms with Crippen LogP contribution in [0.4, 0.5) is 0 Å². The normalized spacial score (nSPS) is 22.9. The van der Waals surface area contributed by atoms with E-state index in [1.165, 1.54) is 12.1 Å². The first-order valence-corrected chi connectivity index (χ1v) is 10.3. The topological polar surface area (TPSA) is 101 Å². The number of carbonyl (C=O) groups excluding carboxylic acids is 1. The lowest BCUT2D eigenvalue weighted by Gasteiger charge is -2.24. The van der Waals surface area contributed by atoms with Gasteiger partial charge < -0.3 is 9.84 Å². The van der Waals surface area contributed by atoms with Crippen LogP contribution in [0.25, 0.3) is 0 Å². The van der Waals surface area contributed by atoms with E-state index in [1.807, 2.05) is 29.5 Å². The fraction of sp³-hybridized carbons (Fsp3) is 0.412. The van der Waals surface area contributed by atoms with Crippen molar-refractivity contribution in [1.82, 2.24) is 4.31 Å². The summed E-state index contributed by atoms with van der Waals surface area (Å²) in [5.41, 5.74) is 1.53. The maximum absolute atomic E-state index is 13.1. The number of aryl methyl sites for hydroxylation is 1. The summed E-state index contributed by atoms with van der Waals surface area (Å²) < 4.78 is 32.9. The van der Waals surface area contributed by atoms with Crippen LogP contribution in [0.1, 0.15) is 18.9 Å². The van der Waals surface area contributed by atoms with Crippen LogP contribution < -0.4 is 0 Å². The molecule has 0 amide bonds. The Hall–Kier alpha value is -1.46. The lowest BCUT2D eigenvalue weighted by atomic mass is 9.92. The third-order valence-electron chi connectivity index (χ3n) is 4.37. The third kappa shape index (κ3) is 4.09. The summed E-state index contributed by atoms with van der Waals surface area (Å²) in [4.78, 5) is 23.7. The summed E-state index contributed by atoms with van der Waals surface area (Å²) in [6.45, 7) is 3.57. The highest BCUT2D eigenvalue weighted by Gasteiger charge is 2.50. The number of rotatable bonds is 5. The predicted molar refractivity (Wildman–Crippen MR) is 103 cm³/mol. The van der Waals surface area contributed by atoms with E-state index in [4.69, 9.17) is 4.74 Å². The first kappa shape index (κ1) is 20.8. The molecule has 1 N–H and O–H groups in total. The lowest BCUT2D eigenvalue weighted by Crippen LogP contribution is -2.44. The number of carboxylic acid groups (broad SMARTS) is 1. The summed E-state index contributed by atoms with van der Waals surface area (Å²) in [6, 6.07) is 5.09. The van der Waals surface area contributed by atoms with Gasteiger partial charge in [0.05, 0.1) is 18.4 Å². The number of methoxy groups -OCH3 is 1. The number of aliphatic carboxylic acids is 1. The predicted octanol–water partition coefficient (Wildman–Crippen LogP) is 2.34. The molecule has 0 aliphatic carbocycles. The second kappa shape index (κ2) is 8.05. The number of hydrogen-bond donors (Lipinski definition) is 1. The number of sulfonamides is 1. The average molecular weight is 493 g/mol. The smallest absolute Gasteiger partial charge is 0.324 e. The highest BCUT2D eigenvalue weighted by atomic mass is 127. The van der Waals surface area contributed by atoms with Gasteiger partial charge in [-0.3, -0.25) is 9.59 Å². The molecule has 0 radical (unpaired) electrons. The van der Waals surface area contributed by atoms with Crippen LogP contribution in [-0.4, -0.2) is 49.5 Å². The van der Waals surface area contributed by atoms with Gasteiger partial charge in [0, 0.05) is 12.5 Å². The van der Waals surface area contributed by atoms with Crippen LogP contribution in [0, 0.1) is 12.8 Å². The molecule has 1 fully saturated rings. The molecule has 1 aliphatic heterocycles. The Morgan fingerprint density at radius 3 is 2.35 bits per heavy atom. The van der Waals surface area contributed by atoms with Crippen molar-refractivity contribution in [3.8, 4) is 0 Å². The van der Waals surface area contributed by atoms with Gasteiger partial charge in [0.1, 0.15) is 6.04 Å². The van der Waals surface area contributed by atoms with Gasteiger partial charge in [-0.2, -0.15) is 4.31 Å². The monoisotopic (exact) mass is 493 g/mol. The summed E-state index contributed by atoms with van der Waals surface area (Å²) >= 11 is 2.02. The number of carboxylic acids is 1. The van der Waals surface area contributed by atoms with E-state index in [1.54, 1.807) is 19.1 Å². The molecule has 0 aromatic heterocycles. The van der Waals surface area contributed by atoms with Crippen LogP contribution in [0.3, 0.4) is 0 Å². The van der Waals surface area contributed by atoms with Crippen LogP contribution in [0.2, 0.25) is 0 Å².